The Labute approximate surface area is 199 Å². The highest BCUT2D eigenvalue weighted by atomic mass is 32.2. The first-order chi connectivity index (χ1) is 16.3. The van der Waals surface area contributed by atoms with E-state index in [0.29, 0.717) is 37.6 Å². The van der Waals surface area contributed by atoms with E-state index in [9.17, 15) is 18.3 Å². The van der Waals surface area contributed by atoms with Crippen molar-refractivity contribution in [3.63, 3.8) is 0 Å². The molecule has 0 aromatic heterocycles. The molecule has 0 spiro atoms. The predicted molar refractivity (Wildman–Crippen MR) is 124 cm³/mol. The van der Waals surface area contributed by atoms with Crippen molar-refractivity contribution in [2.45, 2.75) is 42.9 Å². The summed E-state index contributed by atoms with van der Waals surface area (Å²) >= 11 is 0. The number of methoxy groups -OCH3 is 1. The average Bonchev–Trinajstić information content (AvgIpc) is 3.16. The molecule has 34 heavy (non-hydrogen) atoms. The molecule has 2 aromatic rings. The van der Waals surface area contributed by atoms with E-state index in [1.165, 1.54) is 19.2 Å². The number of hydrogen-bond donors (Lipinski definition) is 3. The lowest BCUT2D eigenvalue weighted by Gasteiger charge is -2.23. The Morgan fingerprint density at radius 3 is 2.68 bits per heavy atom. The van der Waals surface area contributed by atoms with Gasteiger partial charge in [-0.05, 0) is 29.7 Å². The monoisotopic (exact) mass is 490 g/mol. The highest BCUT2D eigenvalue weighted by molar-refractivity contribution is 7.89. The number of amides is 1. The number of fused-ring (bicyclic) bond motifs is 2. The predicted octanol–water partition coefficient (Wildman–Crippen LogP) is 1.55. The molecule has 2 aliphatic rings. The number of rotatable bonds is 9. The first kappa shape index (κ1) is 24.5. The van der Waals surface area contributed by atoms with Crippen LogP contribution >= 0.6 is 0 Å². The van der Waals surface area contributed by atoms with E-state index >= 15 is 0 Å². The van der Waals surface area contributed by atoms with Crippen LogP contribution < -0.4 is 19.5 Å². The maximum Gasteiger partial charge on any atom is 0.240 e. The van der Waals surface area contributed by atoms with Crippen LogP contribution in [0.25, 0.3) is 0 Å². The molecule has 9 nitrogen and oxygen atoms in total. The number of hydrogen-bond acceptors (Lipinski definition) is 7. The normalized spacial score (nSPS) is 20.9. The van der Waals surface area contributed by atoms with Crippen molar-refractivity contribution < 1.29 is 32.5 Å². The fourth-order valence-corrected chi connectivity index (χ4v) is 5.37. The van der Waals surface area contributed by atoms with Crippen molar-refractivity contribution in [3.05, 3.63) is 53.6 Å². The Hall–Kier alpha value is -2.66. The third kappa shape index (κ3) is 5.35. The molecule has 4 unspecified atom stereocenters. The molecular formula is C24H30N2O7S. The summed E-state index contributed by atoms with van der Waals surface area (Å²) in [6.07, 6.45) is -0.396. The second-order valence-corrected chi connectivity index (χ2v) is 10.4. The van der Waals surface area contributed by atoms with E-state index < -0.39 is 34.2 Å². The summed E-state index contributed by atoms with van der Waals surface area (Å²) in [5, 5.41) is 13.3. The van der Waals surface area contributed by atoms with Crippen LogP contribution in [0, 0.1) is 5.92 Å². The number of aliphatic hydroxyl groups is 1. The van der Waals surface area contributed by atoms with E-state index in [-0.39, 0.29) is 17.3 Å². The molecule has 2 aromatic carbocycles. The van der Waals surface area contributed by atoms with Crippen LogP contribution in [0.1, 0.15) is 30.5 Å². The van der Waals surface area contributed by atoms with Gasteiger partial charge in [0.1, 0.15) is 13.2 Å². The number of sulfonamides is 1. The van der Waals surface area contributed by atoms with Crippen LogP contribution in [0.4, 0.5) is 0 Å². The standard InChI is InChI=1S/C24H30N2O7S/c1-15(24(28)26-23-19-6-4-3-5-16(19)12-20(23)27)11-17(31-2)14-25-34(29,30)18-7-8-21-22(13-18)33-10-9-32-21/h3-8,13,15,17,20,23,25,27H,9-12,14H2,1-2H3,(H,26,28). The number of carbonyl (C=O) groups excluding carboxylic acids is 1. The SMILES string of the molecule is COC(CNS(=O)(=O)c1ccc2c(c1)OCCO2)CC(C)C(=O)NC1c2ccccc2CC1O. The first-order valence-corrected chi connectivity index (χ1v) is 12.7. The molecule has 4 rings (SSSR count). The zero-order chi connectivity index (χ0) is 24.3. The van der Waals surface area contributed by atoms with Crippen LogP contribution in [0.5, 0.6) is 11.5 Å². The molecule has 0 saturated heterocycles. The number of ether oxygens (including phenoxy) is 3. The minimum Gasteiger partial charge on any atom is -0.486 e. The minimum absolute atomic E-state index is 0.000216. The summed E-state index contributed by atoms with van der Waals surface area (Å²) < 4.78 is 44.4. The summed E-state index contributed by atoms with van der Waals surface area (Å²) in [6.45, 7) is 2.54. The molecule has 1 amide bonds. The van der Waals surface area contributed by atoms with Crippen molar-refractivity contribution in [1.82, 2.24) is 10.0 Å². The van der Waals surface area contributed by atoms with Crippen LogP contribution in [0.3, 0.4) is 0 Å². The largest absolute Gasteiger partial charge is 0.486 e. The van der Waals surface area contributed by atoms with Gasteiger partial charge in [-0.2, -0.15) is 0 Å². The number of benzene rings is 2. The van der Waals surface area contributed by atoms with E-state index in [0.717, 1.165) is 11.1 Å². The van der Waals surface area contributed by atoms with Crippen molar-refractivity contribution in [3.8, 4) is 11.5 Å². The second kappa shape index (κ2) is 10.3. The zero-order valence-electron chi connectivity index (χ0n) is 19.2. The lowest BCUT2D eigenvalue weighted by Crippen LogP contribution is -2.40. The minimum atomic E-state index is -3.81. The van der Waals surface area contributed by atoms with Crippen LogP contribution in [0.15, 0.2) is 47.4 Å². The molecule has 184 valence electrons. The maximum atomic E-state index is 12.8. The highest BCUT2D eigenvalue weighted by Crippen LogP contribution is 2.33. The van der Waals surface area contributed by atoms with Crippen molar-refractivity contribution >= 4 is 15.9 Å². The van der Waals surface area contributed by atoms with Crippen molar-refractivity contribution in [2.24, 2.45) is 5.92 Å². The molecule has 1 aliphatic heterocycles. The summed E-state index contributed by atoms with van der Waals surface area (Å²) in [4.78, 5) is 12.9. The Balaban J connectivity index is 1.33. The summed E-state index contributed by atoms with van der Waals surface area (Å²) in [5.74, 6) is 0.217. The number of nitrogens with one attached hydrogen (secondary N) is 2. The highest BCUT2D eigenvalue weighted by Gasteiger charge is 2.33. The van der Waals surface area contributed by atoms with Gasteiger partial charge in [-0.15, -0.1) is 0 Å². The third-order valence-corrected chi connectivity index (χ3v) is 7.65. The molecule has 3 N–H and O–H groups in total. The van der Waals surface area contributed by atoms with Gasteiger partial charge in [-0.3, -0.25) is 4.79 Å². The molecule has 0 radical (unpaired) electrons. The summed E-state index contributed by atoms with van der Waals surface area (Å²) in [5.41, 5.74) is 1.95. The number of carbonyl (C=O) groups is 1. The maximum absolute atomic E-state index is 12.8. The second-order valence-electron chi connectivity index (χ2n) is 8.61. The van der Waals surface area contributed by atoms with Gasteiger partial charge in [-0.25, -0.2) is 13.1 Å². The van der Waals surface area contributed by atoms with Crippen LogP contribution in [-0.4, -0.2) is 58.5 Å². The molecule has 4 atom stereocenters. The Kier molecular flexibility index (Phi) is 7.42. The van der Waals surface area contributed by atoms with Crippen molar-refractivity contribution in [2.75, 3.05) is 26.9 Å². The van der Waals surface area contributed by atoms with E-state index in [4.69, 9.17) is 14.2 Å². The van der Waals surface area contributed by atoms with Gasteiger partial charge >= 0.3 is 0 Å². The lowest BCUT2D eigenvalue weighted by molar-refractivity contribution is -0.127. The smallest absolute Gasteiger partial charge is 0.240 e. The van der Waals surface area contributed by atoms with E-state index in [1.807, 2.05) is 24.3 Å². The third-order valence-electron chi connectivity index (χ3n) is 6.22. The molecular weight excluding hydrogens is 460 g/mol. The summed E-state index contributed by atoms with van der Waals surface area (Å²) in [6, 6.07) is 11.6. The van der Waals surface area contributed by atoms with Crippen LogP contribution in [0.2, 0.25) is 0 Å². The fraction of sp³-hybridized carbons (Fsp3) is 0.458. The molecule has 1 heterocycles. The van der Waals surface area contributed by atoms with E-state index in [2.05, 4.69) is 10.0 Å². The van der Waals surface area contributed by atoms with Gasteiger partial charge in [0, 0.05) is 32.1 Å². The van der Waals surface area contributed by atoms with Gasteiger partial charge in [0.15, 0.2) is 11.5 Å². The Morgan fingerprint density at radius 2 is 1.91 bits per heavy atom. The Bertz CT molecular complexity index is 1140. The molecule has 0 saturated carbocycles. The first-order valence-electron chi connectivity index (χ1n) is 11.3. The molecule has 1 aliphatic carbocycles. The van der Waals surface area contributed by atoms with E-state index in [1.54, 1.807) is 13.0 Å². The van der Waals surface area contributed by atoms with Gasteiger partial charge in [-0.1, -0.05) is 31.2 Å². The quantitative estimate of drug-likeness (QED) is 0.487. The molecule has 0 bridgehead atoms. The zero-order valence-corrected chi connectivity index (χ0v) is 20.0. The van der Waals surface area contributed by atoms with Gasteiger partial charge in [0.05, 0.1) is 23.1 Å². The van der Waals surface area contributed by atoms with Crippen molar-refractivity contribution in [1.29, 1.82) is 0 Å². The lowest BCUT2D eigenvalue weighted by atomic mass is 10.0. The van der Waals surface area contributed by atoms with Crippen LogP contribution in [-0.2, 0) is 26.0 Å². The fourth-order valence-electron chi connectivity index (χ4n) is 4.28. The van der Waals surface area contributed by atoms with Gasteiger partial charge in [0.25, 0.3) is 0 Å². The summed E-state index contributed by atoms with van der Waals surface area (Å²) in [7, 11) is -2.34. The van der Waals surface area contributed by atoms with Gasteiger partial charge < -0.3 is 24.6 Å². The number of aliphatic hydroxyl groups excluding tert-OH is 1. The molecule has 10 heteroatoms. The average molecular weight is 491 g/mol. The van der Waals surface area contributed by atoms with Gasteiger partial charge in [0.2, 0.25) is 15.9 Å². The topological polar surface area (TPSA) is 123 Å². The molecule has 0 fully saturated rings. The Morgan fingerprint density at radius 1 is 1.18 bits per heavy atom.